The van der Waals surface area contributed by atoms with Crippen LogP contribution in [0.2, 0.25) is 0 Å². The fraction of sp³-hybridized carbons (Fsp3) is 0.286. The van der Waals surface area contributed by atoms with Crippen LogP contribution in [0.1, 0.15) is 57.9 Å². The van der Waals surface area contributed by atoms with Gasteiger partial charge in [0.25, 0.3) is 5.78 Å². The molecule has 1 fully saturated rings. The average Bonchev–Trinajstić information content (AvgIpc) is 3.41. The standard InChI is InChI=1S/C28H27FN2O6S/c1-5-6-13-37-20-12-9-18(14-15(20)2)23(32)21-22(17-7-10-19(29)11-8-17)31(26(34)24(21)33)28-30-16(3)25(38-28)27(35)36-4/h7-12,14,22,32H,5-6,13H2,1-4H3/t22-/m1/s1. The Balaban J connectivity index is 1.84. The summed E-state index contributed by atoms with van der Waals surface area (Å²) in [6, 6.07) is 9.16. The number of carbonyl (C=O) groups is 3. The molecule has 1 aliphatic heterocycles. The number of aromatic nitrogens is 1. The molecule has 38 heavy (non-hydrogen) atoms. The van der Waals surface area contributed by atoms with Crippen LogP contribution >= 0.6 is 11.3 Å². The molecular weight excluding hydrogens is 511 g/mol. The zero-order valence-corrected chi connectivity index (χ0v) is 22.2. The predicted molar refractivity (Wildman–Crippen MR) is 141 cm³/mol. The fourth-order valence-corrected chi connectivity index (χ4v) is 5.21. The quantitative estimate of drug-likeness (QED) is 0.133. The van der Waals surface area contributed by atoms with Crippen molar-refractivity contribution in [1.29, 1.82) is 0 Å². The first-order valence-electron chi connectivity index (χ1n) is 12.0. The number of thiazole rings is 1. The zero-order chi connectivity index (χ0) is 27.6. The number of amides is 1. The molecule has 0 aliphatic carbocycles. The van der Waals surface area contributed by atoms with Gasteiger partial charge in [0, 0.05) is 5.56 Å². The van der Waals surface area contributed by atoms with E-state index in [1.54, 1.807) is 25.1 Å². The maximum absolute atomic E-state index is 13.8. The number of hydrogen-bond acceptors (Lipinski definition) is 8. The number of benzene rings is 2. The summed E-state index contributed by atoms with van der Waals surface area (Å²) in [5, 5.41) is 11.4. The first kappa shape index (κ1) is 27.0. The van der Waals surface area contributed by atoms with E-state index in [0.29, 0.717) is 29.2 Å². The Hall–Kier alpha value is -4.05. The molecule has 0 saturated carbocycles. The lowest BCUT2D eigenvalue weighted by molar-refractivity contribution is -0.132. The van der Waals surface area contributed by atoms with Gasteiger partial charge in [0.05, 0.1) is 31.0 Å². The molecule has 0 spiro atoms. The van der Waals surface area contributed by atoms with E-state index >= 15 is 0 Å². The summed E-state index contributed by atoms with van der Waals surface area (Å²) in [5.41, 5.74) is 1.60. The Kier molecular flexibility index (Phi) is 7.91. The number of unbranched alkanes of at least 4 members (excludes halogenated alkanes) is 1. The van der Waals surface area contributed by atoms with Crippen LogP contribution in [0.4, 0.5) is 9.52 Å². The minimum absolute atomic E-state index is 0.0780. The van der Waals surface area contributed by atoms with Crippen molar-refractivity contribution in [3.8, 4) is 5.75 Å². The Morgan fingerprint density at radius 2 is 1.87 bits per heavy atom. The maximum atomic E-state index is 13.8. The third-order valence-electron chi connectivity index (χ3n) is 6.20. The number of hydrogen-bond donors (Lipinski definition) is 1. The molecular formula is C28H27FN2O6S. The molecule has 0 unspecified atom stereocenters. The van der Waals surface area contributed by atoms with Crippen molar-refractivity contribution in [3.05, 3.63) is 81.1 Å². The third-order valence-corrected chi connectivity index (χ3v) is 7.33. The number of methoxy groups -OCH3 is 1. The highest BCUT2D eigenvalue weighted by atomic mass is 32.1. The van der Waals surface area contributed by atoms with E-state index in [1.807, 2.05) is 6.92 Å². The number of anilines is 1. The van der Waals surface area contributed by atoms with Crippen molar-refractivity contribution in [2.45, 2.75) is 39.7 Å². The first-order chi connectivity index (χ1) is 18.2. The maximum Gasteiger partial charge on any atom is 0.350 e. The van der Waals surface area contributed by atoms with E-state index in [1.165, 1.54) is 31.4 Å². The minimum Gasteiger partial charge on any atom is -0.507 e. The van der Waals surface area contributed by atoms with Crippen molar-refractivity contribution in [2.24, 2.45) is 0 Å². The average molecular weight is 539 g/mol. The van der Waals surface area contributed by atoms with Gasteiger partial charge >= 0.3 is 11.9 Å². The summed E-state index contributed by atoms with van der Waals surface area (Å²) >= 11 is 0.893. The number of Topliss-reactive ketones (excluding diaryl/α,β-unsaturated/α-hetero) is 1. The van der Waals surface area contributed by atoms with Crippen LogP contribution in [-0.4, -0.2) is 41.5 Å². The predicted octanol–water partition coefficient (Wildman–Crippen LogP) is 5.49. The van der Waals surface area contributed by atoms with Crippen LogP contribution in [0.25, 0.3) is 5.76 Å². The summed E-state index contributed by atoms with van der Waals surface area (Å²) < 4.78 is 24.3. The molecule has 1 atom stereocenters. The number of ketones is 1. The number of esters is 1. The smallest absolute Gasteiger partial charge is 0.350 e. The van der Waals surface area contributed by atoms with Gasteiger partial charge in [-0.25, -0.2) is 14.2 Å². The number of aliphatic hydroxyl groups is 1. The number of aliphatic hydroxyl groups excluding tert-OH is 1. The molecule has 1 amide bonds. The second-order valence-electron chi connectivity index (χ2n) is 8.81. The topological polar surface area (TPSA) is 106 Å². The molecule has 0 bridgehead atoms. The van der Waals surface area contributed by atoms with E-state index in [0.717, 1.165) is 34.6 Å². The summed E-state index contributed by atoms with van der Waals surface area (Å²) in [7, 11) is 1.23. The lowest BCUT2D eigenvalue weighted by atomic mass is 9.95. The molecule has 1 aromatic heterocycles. The van der Waals surface area contributed by atoms with Gasteiger partial charge in [0.15, 0.2) is 5.13 Å². The van der Waals surface area contributed by atoms with Gasteiger partial charge in [-0.2, -0.15) is 0 Å². The van der Waals surface area contributed by atoms with E-state index in [9.17, 15) is 23.9 Å². The summed E-state index contributed by atoms with van der Waals surface area (Å²) in [6.45, 7) is 6.02. The summed E-state index contributed by atoms with van der Waals surface area (Å²) in [4.78, 5) is 44.5. The van der Waals surface area contributed by atoms with Gasteiger partial charge < -0.3 is 14.6 Å². The highest BCUT2D eigenvalue weighted by Gasteiger charge is 2.48. The largest absolute Gasteiger partial charge is 0.507 e. The monoisotopic (exact) mass is 538 g/mol. The lowest BCUT2D eigenvalue weighted by Crippen LogP contribution is -2.29. The van der Waals surface area contributed by atoms with Gasteiger partial charge in [-0.1, -0.05) is 36.8 Å². The number of nitrogens with zero attached hydrogens (tertiary/aromatic N) is 2. The van der Waals surface area contributed by atoms with Gasteiger partial charge in [-0.3, -0.25) is 14.5 Å². The molecule has 3 aromatic rings. The molecule has 0 radical (unpaired) electrons. The minimum atomic E-state index is -1.10. The van der Waals surface area contributed by atoms with Crippen LogP contribution < -0.4 is 9.64 Å². The van der Waals surface area contributed by atoms with Crippen LogP contribution in [0.3, 0.4) is 0 Å². The van der Waals surface area contributed by atoms with Gasteiger partial charge in [0.2, 0.25) is 0 Å². The SMILES string of the molecule is CCCCOc1ccc(C(O)=C2C(=O)C(=O)N(c3nc(C)c(C(=O)OC)s3)[C@@H]2c2ccc(F)cc2)cc1C. The van der Waals surface area contributed by atoms with Crippen molar-refractivity contribution >= 4 is 39.9 Å². The van der Waals surface area contributed by atoms with Crippen molar-refractivity contribution < 1.29 is 33.4 Å². The Bertz CT molecular complexity index is 1430. The molecule has 8 nitrogen and oxygen atoms in total. The van der Waals surface area contributed by atoms with E-state index in [2.05, 4.69) is 11.9 Å². The van der Waals surface area contributed by atoms with Crippen LogP contribution in [0, 0.1) is 19.7 Å². The third kappa shape index (κ3) is 5.04. The van der Waals surface area contributed by atoms with E-state index < -0.39 is 29.5 Å². The highest BCUT2D eigenvalue weighted by molar-refractivity contribution is 7.17. The normalized spacial score (nSPS) is 16.7. The summed E-state index contributed by atoms with van der Waals surface area (Å²) in [5.74, 6) is -2.72. The number of carbonyl (C=O) groups excluding carboxylic acids is 3. The van der Waals surface area contributed by atoms with Crippen molar-refractivity contribution in [1.82, 2.24) is 4.98 Å². The Morgan fingerprint density at radius 3 is 2.50 bits per heavy atom. The fourth-order valence-electron chi connectivity index (χ4n) is 4.20. The van der Waals surface area contributed by atoms with Crippen molar-refractivity contribution in [3.63, 3.8) is 0 Å². The van der Waals surface area contributed by atoms with Crippen LogP contribution in [0.15, 0.2) is 48.0 Å². The molecule has 1 N–H and O–H groups in total. The summed E-state index contributed by atoms with van der Waals surface area (Å²) in [6.07, 6.45) is 1.89. The van der Waals surface area contributed by atoms with Gasteiger partial charge in [-0.05, 0) is 61.7 Å². The number of ether oxygens (including phenoxy) is 2. The van der Waals surface area contributed by atoms with E-state index in [-0.39, 0.29) is 21.3 Å². The molecule has 1 saturated heterocycles. The lowest BCUT2D eigenvalue weighted by Gasteiger charge is -2.23. The van der Waals surface area contributed by atoms with Crippen LogP contribution in [0.5, 0.6) is 5.75 Å². The van der Waals surface area contributed by atoms with Gasteiger partial charge in [0.1, 0.15) is 22.2 Å². The molecule has 4 rings (SSSR count). The zero-order valence-electron chi connectivity index (χ0n) is 21.4. The van der Waals surface area contributed by atoms with Crippen molar-refractivity contribution in [2.75, 3.05) is 18.6 Å². The molecule has 2 heterocycles. The highest BCUT2D eigenvalue weighted by Crippen LogP contribution is 2.44. The second kappa shape index (κ2) is 11.1. The number of rotatable bonds is 8. The van der Waals surface area contributed by atoms with E-state index in [4.69, 9.17) is 9.47 Å². The Morgan fingerprint density at radius 1 is 1.16 bits per heavy atom. The van der Waals surface area contributed by atoms with Crippen LogP contribution in [-0.2, 0) is 14.3 Å². The molecule has 10 heteroatoms. The number of halogens is 1. The first-order valence-corrected chi connectivity index (χ1v) is 12.9. The second-order valence-corrected chi connectivity index (χ2v) is 9.78. The Labute approximate surface area is 223 Å². The molecule has 2 aromatic carbocycles. The number of aryl methyl sites for hydroxylation is 2. The molecule has 198 valence electrons. The van der Waals surface area contributed by atoms with Gasteiger partial charge in [-0.15, -0.1) is 0 Å². The molecule has 1 aliphatic rings.